The monoisotopic (exact) mass is 312 g/mol. The molecule has 1 aliphatic carbocycles. The number of hydrogen-bond donors (Lipinski definition) is 1. The fraction of sp³-hybridized carbons (Fsp3) is 0.294. The second-order valence-electron chi connectivity index (χ2n) is 6.42. The molecule has 0 aromatic carbocycles. The van der Waals surface area contributed by atoms with Gasteiger partial charge in [-0.25, -0.2) is 4.79 Å². The Morgan fingerprint density at radius 1 is 1.22 bits per heavy atom. The molecule has 0 bridgehead atoms. The number of anilines is 1. The first-order chi connectivity index (χ1) is 10.9. The van der Waals surface area contributed by atoms with Gasteiger partial charge >= 0.3 is 5.63 Å². The summed E-state index contributed by atoms with van der Waals surface area (Å²) >= 11 is 0. The van der Waals surface area contributed by atoms with Crippen molar-refractivity contribution in [1.82, 2.24) is 4.98 Å². The van der Waals surface area contributed by atoms with Crippen molar-refractivity contribution in [1.29, 1.82) is 0 Å². The number of ketones is 1. The summed E-state index contributed by atoms with van der Waals surface area (Å²) in [6.07, 6.45) is 3.86. The number of nitrogens with zero attached hydrogens (tertiary/aromatic N) is 1. The lowest BCUT2D eigenvalue weighted by atomic mass is 9.76. The highest BCUT2D eigenvalue weighted by Gasteiger charge is 2.33. The van der Waals surface area contributed by atoms with Gasteiger partial charge in [-0.3, -0.25) is 14.6 Å². The highest BCUT2D eigenvalue weighted by molar-refractivity contribution is 6.05. The Kier molecular flexibility index (Phi) is 3.60. The van der Waals surface area contributed by atoms with E-state index in [1.165, 1.54) is 30.6 Å². The minimum absolute atomic E-state index is 0.0291. The molecule has 0 saturated carbocycles. The smallest absolute Gasteiger partial charge is 0.359 e. The van der Waals surface area contributed by atoms with Crippen LogP contribution >= 0.6 is 0 Å². The Labute approximate surface area is 132 Å². The quantitative estimate of drug-likeness (QED) is 0.920. The summed E-state index contributed by atoms with van der Waals surface area (Å²) < 4.78 is 5.27. The summed E-state index contributed by atoms with van der Waals surface area (Å²) in [5.41, 5.74) is -0.184. The van der Waals surface area contributed by atoms with Crippen LogP contribution in [0.1, 0.15) is 46.7 Å². The molecule has 0 radical (unpaired) electrons. The third-order valence-electron chi connectivity index (χ3n) is 3.79. The number of nitrogens with one attached hydrogen (secondary N) is 1. The lowest BCUT2D eigenvalue weighted by Gasteiger charge is -2.28. The van der Waals surface area contributed by atoms with E-state index in [0.717, 1.165) is 0 Å². The molecule has 2 aromatic rings. The third kappa shape index (κ3) is 3.06. The van der Waals surface area contributed by atoms with E-state index in [2.05, 4.69) is 10.3 Å². The maximum absolute atomic E-state index is 12.2. The number of fused-ring (bicyclic) bond motifs is 1. The average molecular weight is 312 g/mol. The van der Waals surface area contributed by atoms with Crippen molar-refractivity contribution in [3.8, 4) is 0 Å². The first-order valence-electron chi connectivity index (χ1n) is 7.27. The molecule has 0 spiro atoms. The van der Waals surface area contributed by atoms with Crippen LogP contribution in [0.5, 0.6) is 0 Å². The number of hydrogen-bond acceptors (Lipinski definition) is 5. The number of carbonyl (C=O) groups is 2. The molecule has 2 heterocycles. The Morgan fingerprint density at radius 2 is 1.91 bits per heavy atom. The number of pyridine rings is 1. The number of rotatable bonds is 2. The van der Waals surface area contributed by atoms with E-state index in [1.807, 2.05) is 13.8 Å². The van der Waals surface area contributed by atoms with Crippen molar-refractivity contribution in [3.63, 3.8) is 0 Å². The van der Waals surface area contributed by atoms with Crippen LogP contribution < -0.4 is 10.9 Å². The van der Waals surface area contributed by atoms with E-state index in [0.29, 0.717) is 29.7 Å². The first kappa shape index (κ1) is 15.1. The largest absolute Gasteiger partial charge is 0.426 e. The van der Waals surface area contributed by atoms with E-state index in [1.54, 1.807) is 0 Å². The van der Waals surface area contributed by atoms with Crippen LogP contribution in [-0.2, 0) is 6.42 Å². The number of Topliss-reactive ketones (excluding diaryl/α,β-unsaturated/α-hetero) is 1. The predicted octanol–water partition coefficient (Wildman–Crippen LogP) is 2.44. The van der Waals surface area contributed by atoms with Gasteiger partial charge in [0.25, 0.3) is 5.91 Å². The first-order valence-corrected chi connectivity index (χ1v) is 7.27. The molecule has 1 aliphatic rings. The summed E-state index contributed by atoms with van der Waals surface area (Å²) in [6, 6.07) is 4.48. The van der Waals surface area contributed by atoms with Crippen molar-refractivity contribution in [3.05, 3.63) is 57.9 Å². The normalized spacial score (nSPS) is 15.8. The fourth-order valence-corrected chi connectivity index (χ4v) is 2.68. The van der Waals surface area contributed by atoms with E-state index in [4.69, 9.17) is 4.42 Å². The van der Waals surface area contributed by atoms with Gasteiger partial charge in [0.05, 0.1) is 5.56 Å². The van der Waals surface area contributed by atoms with Gasteiger partial charge < -0.3 is 9.73 Å². The SMILES string of the molecule is CC1(C)CC(=O)c2cc(NC(=O)c3ccncc3)c(=O)oc2C1. The van der Waals surface area contributed by atoms with Gasteiger partial charge in [-0.2, -0.15) is 0 Å². The molecule has 23 heavy (non-hydrogen) atoms. The van der Waals surface area contributed by atoms with Gasteiger partial charge in [-0.1, -0.05) is 13.8 Å². The molecule has 0 fully saturated rings. The van der Waals surface area contributed by atoms with Crippen LogP contribution in [0, 0.1) is 5.41 Å². The zero-order valence-corrected chi connectivity index (χ0v) is 12.9. The minimum atomic E-state index is -0.656. The van der Waals surface area contributed by atoms with Crippen LogP contribution in [0.4, 0.5) is 5.69 Å². The Morgan fingerprint density at radius 3 is 2.61 bits per heavy atom. The van der Waals surface area contributed by atoms with Gasteiger partial charge in [0.2, 0.25) is 0 Å². The van der Waals surface area contributed by atoms with Gasteiger partial charge in [-0.15, -0.1) is 0 Å². The van der Waals surface area contributed by atoms with Crippen LogP contribution in [0.3, 0.4) is 0 Å². The van der Waals surface area contributed by atoms with Crippen molar-refractivity contribution < 1.29 is 14.0 Å². The van der Waals surface area contributed by atoms with Gasteiger partial charge in [-0.05, 0) is 23.6 Å². The molecular weight excluding hydrogens is 296 g/mol. The molecule has 0 saturated heterocycles. The maximum atomic E-state index is 12.2. The van der Waals surface area contributed by atoms with E-state index < -0.39 is 11.5 Å². The average Bonchev–Trinajstić information content (AvgIpc) is 2.48. The molecule has 6 heteroatoms. The summed E-state index contributed by atoms with van der Waals surface area (Å²) in [7, 11) is 0. The molecule has 0 atom stereocenters. The molecule has 118 valence electrons. The third-order valence-corrected chi connectivity index (χ3v) is 3.79. The summed E-state index contributed by atoms with van der Waals surface area (Å²) in [6.45, 7) is 3.90. The van der Waals surface area contributed by atoms with Gasteiger partial charge in [0.1, 0.15) is 11.4 Å². The molecule has 1 amide bonds. The number of amides is 1. The Balaban J connectivity index is 1.94. The molecule has 3 rings (SSSR count). The minimum Gasteiger partial charge on any atom is -0.426 e. The zero-order chi connectivity index (χ0) is 16.6. The van der Waals surface area contributed by atoms with Crippen LogP contribution in [0.2, 0.25) is 0 Å². The molecule has 1 N–H and O–H groups in total. The van der Waals surface area contributed by atoms with E-state index in [9.17, 15) is 14.4 Å². The van der Waals surface area contributed by atoms with Crippen molar-refractivity contribution in [2.45, 2.75) is 26.7 Å². The highest BCUT2D eigenvalue weighted by Crippen LogP contribution is 2.34. The van der Waals surface area contributed by atoms with Crippen LogP contribution in [0.25, 0.3) is 0 Å². The Hall–Kier alpha value is -2.76. The van der Waals surface area contributed by atoms with Crippen molar-refractivity contribution in [2.75, 3.05) is 5.32 Å². The summed E-state index contributed by atoms with van der Waals surface area (Å²) in [5, 5.41) is 2.49. The predicted molar refractivity (Wildman–Crippen MR) is 83.6 cm³/mol. The molecule has 0 unspecified atom stereocenters. The van der Waals surface area contributed by atoms with Crippen LogP contribution in [0.15, 0.2) is 39.8 Å². The highest BCUT2D eigenvalue weighted by atomic mass is 16.4. The van der Waals surface area contributed by atoms with Gasteiger partial charge in [0, 0.05) is 30.8 Å². The second-order valence-corrected chi connectivity index (χ2v) is 6.42. The van der Waals surface area contributed by atoms with Gasteiger partial charge in [0.15, 0.2) is 5.78 Å². The standard InChI is InChI=1S/C17H16N2O4/c1-17(2)8-13(20)11-7-12(16(22)23-14(11)9-17)19-15(21)10-3-5-18-6-4-10/h3-7H,8-9H2,1-2H3,(H,19,21). The molecule has 2 aromatic heterocycles. The van der Waals surface area contributed by atoms with Crippen molar-refractivity contribution in [2.24, 2.45) is 5.41 Å². The van der Waals surface area contributed by atoms with E-state index >= 15 is 0 Å². The van der Waals surface area contributed by atoms with Crippen LogP contribution in [-0.4, -0.2) is 16.7 Å². The number of aromatic nitrogens is 1. The summed E-state index contributed by atoms with van der Waals surface area (Å²) in [4.78, 5) is 40.3. The maximum Gasteiger partial charge on any atom is 0.359 e. The second kappa shape index (κ2) is 5.46. The Bertz CT molecular complexity index is 837. The van der Waals surface area contributed by atoms with E-state index in [-0.39, 0.29) is 16.9 Å². The molecule has 6 nitrogen and oxygen atoms in total. The zero-order valence-electron chi connectivity index (χ0n) is 12.9. The molecular formula is C17H16N2O4. The van der Waals surface area contributed by atoms with Crippen molar-refractivity contribution >= 4 is 17.4 Å². The molecule has 0 aliphatic heterocycles. The lowest BCUT2D eigenvalue weighted by Crippen LogP contribution is -2.29. The number of carbonyl (C=O) groups excluding carboxylic acids is 2. The summed E-state index contributed by atoms with van der Waals surface area (Å²) in [5.74, 6) is -0.152. The lowest BCUT2D eigenvalue weighted by molar-refractivity contribution is 0.0896. The topological polar surface area (TPSA) is 89.3 Å². The fourth-order valence-electron chi connectivity index (χ4n) is 2.68.